The number of halogens is 4. The van der Waals surface area contributed by atoms with E-state index in [1.165, 1.54) is 11.1 Å². The van der Waals surface area contributed by atoms with Crippen molar-refractivity contribution in [3.05, 3.63) is 63.7 Å². The van der Waals surface area contributed by atoms with Crippen molar-refractivity contribution in [1.29, 1.82) is 0 Å². The Hall–Kier alpha value is -1.90. The molecule has 2 atom stereocenters. The summed E-state index contributed by atoms with van der Waals surface area (Å²) < 4.78 is 48.9. The standard InChI is InChI=1S/C9H6ClF3O3S.C9H13N/c1-17(16)7-5(9(11,12)13)3-2-4(6(7)10)8(14)15;1-7-3-5-9(6-4-7)8(2)10/h2-3H,1H3,(H,14,15);3-6,8H,10H2,1-2H3/t17-;8-/m00/s1. The maximum Gasteiger partial charge on any atom is 0.417 e. The van der Waals surface area contributed by atoms with E-state index in [1.54, 1.807) is 0 Å². The van der Waals surface area contributed by atoms with E-state index in [1.807, 2.05) is 0 Å². The Morgan fingerprint density at radius 2 is 1.70 bits per heavy atom. The molecule has 0 aliphatic carbocycles. The lowest BCUT2D eigenvalue weighted by Gasteiger charge is -2.15. The minimum Gasteiger partial charge on any atom is -0.545 e. The van der Waals surface area contributed by atoms with Crippen LogP contribution < -0.4 is 10.8 Å². The van der Waals surface area contributed by atoms with Gasteiger partial charge in [0.2, 0.25) is 0 Å². The molecule has 0 amide bonds. The number of carbonyl (C=O) groups is 1. The van der Waals surface area contributed by atoms with Crippen molar-refractivity contribution >= 4 is 28.4 Å². The lowest BCUT2D eigenvalue weighted by Crippen LogP contribution is -2.51. The first kappa shape index (κ1) is 23.1. The molecule has 0 spiro atoms. The molecule has 27 heavy (non-hydrogen) atoms. The van der Waals surface area contributed by atoms with Gasteiger partial charge in [-0.15, -0.1) is 0 Å². The van der Waals surface area contributed by atoms with Crippen LogP contribution in [0.15, 0.2) is 41.3 Å². The van der Waals surface area contributed by atoms with Gasteiger partial charge in [-0.25, -0.2) is 0 Å². The molecule has 0 radical (unpaired) electrons. The van der Waals surface area contributed by atoms with Gasteiger partial charge in [-0.2, -0.15) is 13.2 Å². The molecule has 0 saturated heterocycles. The first-order valence-corrected chi connectivity index (χ1v) is 9.64. The third-order valence-electron chi connectivity index (χ3n) is 3.56. The van der Waals surface area contributed by atoms with Crippen LogP contribution in [0.3, 0.4) is 0 Å². The molecule has 2 rings (SSSR count). The van der Waals surface area contributed by atoms with Crippen LogP contribution in [0.4, 0.5) is 13.2 Å². The van der Waals surface area contributed by atoms with Gasteiger partial charge in [0, 0.05) is 17.4 Å². The van der Waals surface area contributed by atoms with E-state index >= 15 is 0 Å². The van der Waals surface area contributed by atoms with Crippen LogP contribution in [-0.4, -0.2) is 16.4 Å². The van der Waals surface area contributed by atoms with Crippen molar-refractivity contribution < 1.29 is 33.0 Å². The number of quaternary nitrogens is 1. The monoisotopic (exact) mass is 421 g/mol. The topological polar surface area (TPSA) is 84.8 Å². The molecule has 148 valence electrons. The minimum atomic E-state index is -4.75. The van der Waals surface area contributed by atoms with Crippen LogP contribution >= 0.6 is 11.6 Å². The molecule has 0 unspecified atom stereocenters. The van der Waals surface area contributed by atoms with Crippen molar-refractivity contribution in [2.45, 2.75) is 31.0 Å². The average molecular weight is 422 g/mol. The summed E-state index contributed by atoms with van der Waals surface area (Å²) >= 11 is 5.50. The fourth-order valence-electron chi connectivity index (χ4n) is 2.11. The predicted molar refractivity (Wildman–Crippen MR) is 95.6 cm³/mol. The second-order valence-corrected chi connectivity index (χ2v) is 7.55. The molecule has 9 heteroatoms. The van der Waals surface area contributed by atoms with Gasteiger partial charge in [-0.1, -0.05) is 47.5 Å². The SMILES string of the molecule is C[S@](=O)c1c(C(F)(F)F)ccc(C(=O)[O-])c1Cl.Cc1ccc([C@H](C)[NH3+])cc1. The number of carboxylic acids is 1. The van der Waals surface area contributed by atoms with Gasteiger partial charge < -0.3 is 15.6 Å². The maximum absolute atomic E-state index is 12.6. The quantitative estimate of drug-likeness (QED) is 0.826. The van der Waals surface area contributed by atoms with Crippen molar-refractivity contribution in [2.24, 2.45) is 0 Å². The maximum atomic E-state index is 12.6. The number of carboxylic acid groups (broad SMARTS) is 1. The molecular formula is C18H19ClF3NO3S. The Morgan fingerprint density at radius 1 is 1.19 bits per heavy atom. The summed E-state index contributed by atoms with van der Waals surface area (Å²) in [5, 5.41) is 9.87. The number of benzene rings is 2. The van der Waals surface area contributed by atoms with Crippen LogP contribution in [0, 0.1) is 6.92 Å². The number of hydrogen-bond donors (Lipinski definition) is 1. The van der Waals surface area contributed by atoms with Gasteiger partial charge in [0.25, 0.3) is 0 Å². The summed E-state index contributed by atoms with van der Waals surface area (Å²) in [6.45, 7) is 4.20. The van der Waals surface area contributed by atoms with E-state index in [2.05, 4.69) is 43.8 Å². The molecule has 0 heterocycles. The number of alkyl halides is 3. The minimum absolute atomic E-state index is 0.403. The lowest BCUT2D eigenvalue weighted by molar-refractivity contribution is -0.420. The third-order valence-corrected chi connectivity index (χ3v) is 5.06. The number of aromatic carboxylic acids is 1. The second-order valence-electron chi connectivity index (χ2n) is 5.85. The van der Waals surface area contributed by atoms with E-state index < -0.39 is 44.0 Å². The normalized spacial score (nSPS) is 13.3. The Labute approximate surface area is 162 Å². The van der Waals surface area contributed by atoms with Gasteiger partial charge in [0.15, 0.2) is 0 Å². The molecule has 0 saturated carbocycles. The van der Waals surface area contributed by atoms with Crippen LogP contribution in [-0.2, 0) is 17.0 Å². The zero-order chi connectivity index (χ0) is 20.9. The largest absolute Gasteiger partial charge is 0.545 e. The molecule has 0 fully saturated rings. The molecule has 2 aromatic rings. The number of rotatable bonds is 3. The summed E-state index contributed by atoms with van der Waals surface area (Å²) in [6, 6.07) is 10.1. The summed E-state index contributed by atoms with van der Waals surface area (Å²) in [7, 11) is -2.07. The highest BCUT2D eigenvalue weighted by Crippen LogP contribution is 2.38. The van der Waals surface area contributed by atoms with Crippen molar-refractivity contribution in [3.63, 3.8) is 0 Å². The Bertz CT molecular complexity index is 837. The van der Waals surface area contributed by atoms with Gasteiger partial charge in [-0.3, -0.25) is 4.21 Å². The molecule has 0 aromatic heterocycles. The number of carbonyl (C=O) groups excluding carboxylic acids is 1. The molecule has 3 N–H and O–H groups in total. The van der Waals surface area contributed by atoms with Crippen LogP contribution in [0.2, 0.25) is 5.02 Å². The number of aryl methyl sites for hydroxylation is 1. The van der Waals surface area contributed by atoms with E-state index in [0.29, 0.717) is 18.2 Å². The summed E-state index contributed by atoms with van der Waals surface area (Å²) in [5.41, 5.74) is 4.72. The number of hydrogen-bond acceptors (Lipinski definition) is 3. The molecule has 4 nitrogen and oxygen atoms in total. The molecular weight excluding hydrogens is 403 g/mol. The lowest BCUT2D eigenvalue weighted by atomic mass is 10.1. The Kier molecular flexibility index (Phi) is 8.01. The van der Waals surface area contributed by atoms with Crippen molar-refractivity contribution in [2.75, 3.05) is 6.26 Å². The van der Waals surface area contributed by atoms with E-state index in [-0.39, 0.29) is 0 Å². The van der Waals surface area contributed by atoms with Crippen LogP contribution in [0.1, 0.15) is 40.0 Å². The molecule has 0 aliphatic heterocycles. The van der Waals surface area contributed by atoms with E-state index in [4.69, 9.17) is 11.6 Å². The summed E-state index contributed by atoms with van der Waals surface area (Å²) in [6.07, 6.45) is -3.77. The first-order valence-electron chi connectivity index (χ1n) is 7.70. The van der Waals surface area contributed by atoms with Gasteiger partial charge >= 0.3 is 6.18 Å². The average Bonchev–Trinajstić information content (AvgIpc) is 2.53. The van der Waals surface area contributed by atoms with Crippen molar-refractivity contribution in [1.82, 2.24) is 0 Å². The highest BCUT2D eigenvalue weighted by Gasteiger charge is 2.36. The molecule has 2 aromatic carbocycles. The second kappa shape index (κ2) is 9.34. The Morgan fingerprint density at radius 3 is 2.07 bits per heavy atom. The fraction of sp³-hybridized carbons (Fsp3) is 0.278. The Balaban J connectivity index is 0.000000309. The zero-order valence-corrected chi connectivity index (χ0v) is 16.5. The molecule has 0 aliphatic rings. The smallest absolute Gasteiger partial charge is 0.417 e. The van der Waals surface area contributed by atoms with Crippen LogP contribution in [0.5, 0.6) is 0 Å². The first-order chi connectivity index (χ1) is 12.4. The highest BCUT2D eigenvalue weighted by atomic mass is 35.5. The highest BCUT2D eigenvalue weighted by molar-refractivity contribution is 7.84. The van der Waals surface area contributed by atoms with E-state index in [9.17, 15) is 27.3 Å². The molecule has 0 bridgehead atoms. The summed E-state index contributed by atoms with van der Waals surface area (Å²) in [5.74, 6) is -1.73. The summed E-state index contributed by atoms with van der Waals surface area (Å²) in [4.78, 5) is 9.83. The van der Waals surface area contributed by atoms with Gasteiger partial charge in [0.05, 0.1) is 32.3 Å². The van der Waals surface area contributed by atoms with E-state index in [0.717, 1.165) is 6.26 Å². The predicted octanol–water partition coefficient (Wildman–Crippen LogP) is 2.76. The van der Waals surface area contributed by atoms with Gasteiger partial charge in [-0.05, 0) is 19.9 Å². The van der Waals surface area contributed by atoms with Gasteiger partial charge in [0.1, 0.15) is 6.04 Å². The third kappa shape index (κ3) is 6.34. The van der Waals surface area contributed by atoms with Crippen molar-refractivity contribution in [3.8, 4) is 0 Å². The fourth-order valence-corrected chi connectivity index (χ4v) is 3.54. The zero-order valence-electron chi connectivity index (χ0n) is 14.9. The van der Waals surface area contributed by atoms with Crippen LogP contribution in [0.25, 0.3) is 0 Å².